The van der Waals surface area contributed by atoms with Crippen LogP contribution in [0.4, 0.5) is 0 Å². The summed E-state index contributed by atoms with van der Waals surface area (Å²) in [6, 6.07) is 1.93. The molecule has 3 nitrogen and oxygen atoms in total. The highest BCUT2D eigenvalue weighted by Crippen LogP contribution is 2.19. The molecule has 1 aliphatic carbocycles. The van der Waals surface area contributed by atoms with Gasteiger partial charge >= 0.3 is 0 Å². The number of hydrogen-bond acceptors (Lipinski definition) is 3. The van der Waals surface area contributed by atoms with E-state index >= 15 is 0 Å². The molecule has 0 aromatic rings. The van der Waals surface area contributed by atoms with Crippen LogP contribution in [-0.2, 0) is 0 Å². The number of likely N-dealkylation sites (tertiary alicyclic amines) is 1. The SMILES string of the molecule is CCN1CCCC1CNC1CCC(N)C1. The Hall–Kier alpha value is -0.120. The Morgan fingerprint density at radius 1 is 1.33 bits per heavy atom. The Balaban J connectivity index is 1.68. The number of nitrogens with two attached hydrogens (primary N) is 1. The van der Waals surface area contributed by atoms with Crippen LogP contribution in [0.15, 0.2) is 0 Å². The van der Waals surface area contributed by atoms with Crippen LogP contribution in [0.25, 0.3) is 0 Å². The number of nitrogens with one attached hydrogen (secondary N) is 1. The quantitative estimate of drug-likeness (QED) is 0.727. The molecule has 0 aromatic heterocycles. The third-order valence-corrected chi connectivity index (χ3v) is 4.02. The topological polar surface area (TPSA) is 41.3 Å². The Labute approximate surface area is 93.4 Å². The Bertz CT molecular complexity index is 195. The van der Waals surface area contributed by atoms with Crippen LogP contribution < -0.4 is 11.1 Å². The van der Waals surface area contributed by atoms with Crippen molar-refractivity contribution in [3.05, 3.63) is 0 Å². The second kappa shape index (κ2) is 5.28. The molecule has 0 spiro atoms. The molecule has 0 radical (unpaired) electrons. The first-order valence-electron chi connectivity index (χ1n) is 6.52. The van der Waals surface area contributed by atoms with Crippen molar-refractivity contribution in [3.63, 3.8) is 0 Å². The van der Waals surface area contributed by atoms with Gasteiger partial charge < -0.3 is 11.1 Å². The van der Waals surface area contributed by atoms with Gasteiger partial charge in [0, 0.05) is 24.7 Å². The monoisotopic (exact) mass is 211 g/mol. The van der Waals surface area contributed by atoms with Crippen molar-refractivity contribution in [2.75, 3.05) is 19.6 Å². The summed E-state index contributed by atoms with van der Waals surface area (Å²) < 4.78 is 0. The zero-order chi connectivity index (χ0) is 10.7. The van der Waals surface area contributed by atoms with Gasteiger partial charge in [0.1, 0.15) is 0 Å². The van der Waals surface area contributed by atoms with Crippen LogP contribution in [0.2, 0.25) is 0 Å². The fourth-order valence-corrected chi connectivity index (χ4v) is 3.05. The first-order chi connectivity index (χ1) is 7.29. The average molecular weight is 211 g/mol. The van der Waals surface area contributed by atoms with E-state index in [1.54, 1.807) is 0 Å². The Kier molecular flexibility index (Phi) is 4.00. The van der Waals surface area contributed by atoms with E-state index in [0.717, 1.165) is 6.04 Å². The maximum atomic E-state index is 5.91. The molecule has 3 N–H and O–H groups in total. The first kappa shape index (κ1) is 11.4. The van der Waals surface area contributed by atoms with Crippen molar-refractivity contribution in [3.8, 4) is 0 Å². The smallest absolute Gasteiger partial charge is 0.0221 e. The lowest BCUT2D eigenvalue weighted by atomic mass is 10.2. The highest BCUT2D eigenvalue weighted by Gasteiger charge is 2.26. The van der Waals surface area contributed by atoms with Gasteiger partial charge in [-0.15, -0.1) is 0 Å². The number of nitrogens with zero attached hydrogens (tertiary/aromatic N) is 1. The Morgan fingerprint density at radius 3 is 2.87 bits per heavy atom. The molecule has 0 bridgehead atoms. The van der Waals surface area contributed by atoms with Crippen LogP contribution >= 0.6 is 0 Å². The van der Waals surface area contributed by atoms with Crippen LogP contribution in [0.5, 0.6) is 0 Å². The highest BCUT2D eigenvalue weighted by molar-refractivity contribution is 4.86. The summed E-state index contributed by atoms with van der Waals surface area (Å²) in [4.78, 5) is 2.60. The lowest BCUT2D eigenvalue weighted by Gasteiger charge is -2.24. The zero-order valence-electron chi connectivity index (χ0n) is 9.91. The van der Waals surface area contributed by atoms with E-state index in [1.165, 1.54) is 51.7 Å². The summed E-state index contributed by atoms with van der Waals surface area (Å²) in [5, 5.41) is 3.70. The van der Waals surface area contributed by atoms with Crippen molar-refractivity contribution in [2.45, 2.75) is 57.2 Å². The molecule has 1 aliphatic heterocycles. The predicted molar refractivity (Wildman–Crippen MR) is 63.9 cm³/mol. The second-order valence-corrected chi connectivity index (χ2v) is 5.10. The standard InChI is InChI=1S/C12H25N3/c1-2-15-7-3-4-12(15)9-14-11-6-5-10(13)8-11/h10-12,14H,2-9,13H2,1H3. The maximum absolute atomic E-state index is 5.91. The number of rotatable bonds is 4. The molecular formula is C12H25N3. The summed E-state index contributed by atoms with van der Waals surface area (Å²) in [6.45, 7) is 5.94. The molecular weight excluding hydrogens is 186 g/mol. The summed E-state index contributed by atoms with van der Waals surface area (Å²) in [5.74, 6) is 0. The molecule has 3 heteroatoms. The van der Waals surface area contributed by atoms with E-state index in [1.807, 2.05) is 0 Å². The number of hydrogen-bond donors (Lipinski definition) is 2. The molecule has 3 atom stereocenters. The summed E-state index contributed by atoms with van der Waals surface area (Å²) in [6.07, 6.45) is 6.42. The Morgan fingerprint density at radius 2 is 2.20 bits per heavy atom. The molecule has 0 amide bonds. The number of likely N-dealkylation sites (N-methyl/N-ethyl adjacent to an activating group) is 1. The first-order valence-corrected chi connectivity index (χ1v) is 6.52. The minimum absolute atomic E-state index is 0.452. The third-order valence-electron chi connectivity index (χ3n) is 4.02. The molecule has 15 heavy (non-hydrogen) atoms. The lowest BCUT2D eigenvalue weighted by molar-refractivity contribution is 0.253. The molecule has 2 fully saturated rings. The lowest BCUT2D eigenvalue weighted by Crippen LogP contribution is -2.41. The summed E-state index contributed by atoms with van der Waals surface area (Å²) >= 11 is 0. The van der Waals surface area contributed by atoms with E-state index in [2.05, 4.69) is 17.1 Å². The molecule has 1 saturated heterocycles. The van der Waals surface area contributed by atoms with Gasteiger partial charge in [0.05, 0.1) is 0 Å². The van der Waals surface area contributed by atoms with Gasteiger partial charge in [-0.3, -0.25) is 4.90 Å². The minimum atomic E-state index is 0.452. The van der Waals surface area contributed by atoms with E-state index in [-0.39, 0.29) is 0 Å². The molecule has 2 rings (SSSR count). The summed E-state index contributed by atoms with van der Waals surface area (Å²) in [5.41, 5.74) is 5.91. The molecule has 88 valence electrons. The van der Waals surface area contributed by atoms with Crippen LogP contribution in [0.3, 0.4) is 0 Å². The van der Waals surface area contributed by atoms with Gasteiger partial charge in [0.25, 0.3) is 0 Å². The van der Waals surface area contributed by atoms with Gasteiger partial charge in [-0.2, -0.15) is 0 Å². The minimum Gasteiger partial charge on any atom is -0.328 e. The zero-order valence-corrected chi connectivity index (χ0v) is 9.91. The fourth-order valence-electron chi connectivity index (χ4n) is 3.05. The molecule has 2 aliphatic rings. The highest BCUT2D eigenvalue weighted by atomic mass is 15.2. The largest absolute Gasteiger partial charge is 0.328 e. The van der Waals surface area contributed by atoms with E-state index in [0.29, 0.717) is 12.1 Å². The van der Waals surface area contributed by atoms with Crippen molar-refractivity contribution in [1.29, 1.82) is 0 Å². The van der Waals surface area contributed by atoms with Crippen LogP contribution in [0, 0.1) is 0 Å². The van der Waals surface area contributed by atoms with Gasteiger partial charge in [0.15, 0.2) is 0 Å². The fraction of sp³-hybridized carbons (Fsp3) is 1.00. The van der Waals surface area contributed by atoms with Gasteiger partial charge in [0.2, 0.25) is 0 Å². The predicted octanol–water partition coefficient (Wildman–Crippen LogP) is 0.940. The van der Waals surface area contributed by atoms with E-state index < -0.39 is 0 Å². The van der Waals surface area contributed by atoms with Crippen molar-refractivity contribution < 1.29 is 0 Å². The molecule has 1 saturated carbocycles. The van der Waals surface area contributed by atoms with E-state index in [9.17, 15) is 0 Å². The summed E-state index contributed by atoms with van der Waals surface area (Å²) in [7, 11) is 0. The van der Waals surface area contributed by atoms with Gasteiger partial charge in [-0.05, 0) is 45.2 Å². The van der Waals surface area contributed by atoms with E-state index in [4.69, 9.17) is 5.73 Å². The van der Waals surface area contributed by atoms with Crippen molar-refractivity contribution >= 4 is 0 Å². The molecule has 1 heterocycles. The molecule has 0 aromatic carbocycles. The normalized spacial score (nSPS) is 37.6. The average Bonchev–Trinajstić information content (AvgIpc) is 2.83. The van der Waals surface area contributed by atoms with Crippen molar-refractivity contribution in [1.82, 2.24) is 10.2 Å². The maximum Gasteiger partial charge on any atom is 0.0221 e. The van der Waals surface area contributed by atoms with Crippen molar-refractivity contribution in [2.24, 2.45) is 5.73 Å². The van der Waals surface area contributed by atoms with Gasteiger partial charge in [-0.25, -0.2) is 0 Å². The third kappa shape index (κ3) is 2.92. The molecule has 3 unspecified atom stereocenters. The second-order valence-electron chi connectivity index (χ2n) is 5.10. The van der Waals surface area contributed by atoms with Crippen LogP contribution in [-0.4, -0.2) is 42.7 Å². The van der Waals surface area contributed by atoms with Crippen LogP contribution in [0.1, 0.15) is 39.0 Å². The van der Waals surface area contributed by atoms with Gasteiger partial charge in [-0.1, -0.05) is 6.92 Å².